The summed E-state index contributed by atoms with van der Waals surface area (Å²) in [5.74, 6) is 0.656. The predicted octanol–water partition coefficient (Wildman–Crippen LogP) is 4.97. The molecule has 0 amide bonds. The van der Waals surface area contributed by atoms with Gasteiger partial charge in [0.25, 0.3) is 0 Å². The molecular weight excluding hydrogens is 206 g/mol. The molecule has 15 heavy (non-hydrogen) atoms. The second-order valence-corrected chi connectivity index (χ2v) is 3.56. The average molecular weight is 228 g/mol. The van der Waals surface area contributed by atoms with E-state index in [1.807, 2.05) is 46.9 Å². The number of hydrogen-bond donors (Lipinski definition) is 0. The minimum atomic E-state index is 0.656. The van der Waals surface area contributed by atoms with Crippen molar-refractivity contribution in [2.75, 3.05) is 0 Å². The lowest BCUT2D eigenvalue weighted by Crippen LogP contribution is -1.88. The Labute approximate surface area is 98.9 Å². The van der Waals surface area contributed by atoms with Gasteiger partial charge in [-0.15, -0.1) is 0 Å². The number of pyridine rings is 1. The maximum Gasteiger partial charge on any atom is 0.0627 e. The first kappa shape index (κ1) is 14.4. The molecule has 1 aliphatic carbocycles. The lowest BCUT2D eigenvalue weighted by atomic mass is 10.2. The first-order chi connectivity index (χ1) is 7.27. The van der Waals surface area contributed by atoms with Crippen molar-refractivity contribution < 1.29 is 0 Å². The van der Waals surface area contributed by atoms with E-state index in [-0.39, 0.29) is 0 Å². The van der Waals surface area contributed by atoms with Gasteiger partial charge in [0, 0.05) is 12.1 Å². The number of aromatic nitrogens is 1. The molecule has 0 aliphatic heterocycles. The Balaban J connectivity index is 0.000000442. The normalized spacial score (nSPS) is 13.2. The molecule has 0 unspecified atom stereocenters. The third-order valence-electron chi connectivity index (χ3n) is 1.97. The lowest BCUT2D eigenvalue weighted by Gasteiger charge is -2.00. The number of nitrogens with zero attached hydrogens (tertiary/aromatic N) is 1. The first-order valence-electron chi connectivity index (χ1n) is 5.89. The van der Waals surface area contributed by atoms with Crippen LogP contribution in [0.5, 0.6) is 0 Å². The zero-order valence-electron chi connectivity index (χ0n) is 10.5. The van der Waals surface area contributed by atoms with E-state index < -0.39 is 0 Å². The minimum Gasteiger partial charge on any atom is -0.259 e. The second-order valence-electron chi connectivity index (χ2n) is 3.15. The van der Waals surface area contributed by atoms with Gasteiger partial charge in [0.05, 0.1) is 10.7 Å². The number of halogens is 1. The summed E-state index contributed by atoms with van der Waals surface area (Å²) in [5, 5.41) is 0.840. The van der Waals surface area contributed by atoms with Gasteiger partial charge in [0.1, 0.15) is 0 Å². The Morgan fingerprint density at radius 3 is 2.13 bits per heavy atom. The fourth-order valence-corrected chi connectivity index (χ4v) is 1.58. The quantitative estimate of drug-likeness (QED) is 0.660. The van der Waals surface area contributed by atoms with E-state index in [1.165, 1.54) is 12.8 Å². The summed E-state index contributed by atoms with van der Waals surface area (Å²) in [6, 6.07) is 1.99. The highest BCUT2D eigenvalue weighted by atomic mass is 35.5. The molecule has 1 fully saturated rings. The van der Waals surface area contributed by atoms with Crippen molar-refractivity contribution in [1.82, 2.24) is 4.98 Å². The average Bonchev–Trinajstić information content (AvgIpc) is 3.08. The highest BCUT2D eigenvalue weighted by molar-refractivity contribution is 6.31. The molecule has 0 spiro atoms. The largest absolute Gasteiger partial charge is 0.259 e. The topological polar surface area (TPSA) is 12.9 Å². The van der Waals surface area contributed by atoms with Gasteiger partial charge in [-0.3, -0.25) is 4.98 Å². The van der Waals surface area contributed by atoms with Crippen LogP contribution in [0.4, 0.5) is 0 Å². The van der Waals surface area contributed by atoms with Crippen molar-refractivity contribution >= 4 is 11.6 Å². The zero-order valence-corrected chi connectivity index (χ0v) is 11.2. The van der Waals surface area contributed by atoms with Crippen LogP contribution in [0.2, 0.25) is 5.02 Å². The van der Waals surface area contributed by atoms with Crippen LogP contribution < -0.4 is 0 Å². The third kappa shape index (κ3) is 4.65. The summed E-state index contributed by atoms with van der Waals surface area (Å²) in [6.07, 6.45) is 4.41. The Bertz CT molecular complexity index is 280. The van der Waals surface area contributed by atoms with Gasteiger partial charge in [-0.25, -0.2) is 0 Å². The van der Waals surface area contributed by atoms with Crippen LogP contribution in [0.25, 0.3) is 0 Å². The van der Waals surface area contributed by atoms with Crippen LogP contribution in [-0.2, 0) is 0 Å². The fourth-order valence-electron chi connectivity index (χ4n) is 1.20. The van der Waals surface area contributed by atoms with Crippen LogP contribution in [0, 0.1) is 6.92 Å². The molecular formula is C13H22ClN. The first-order valence-corrected chi connectivity index (χ1v) is 6.27. The van der Waals surface area contributed by atoms with Crippen LogP contribution in [-0.4, -0.2) is 4.98 Å². The van der Waals surface area contributed by atoms with Gasteiger partial charge in [0.2, 0.25) is 0 Å². The van der Waals surface area contributed by atoms with E-state index in [0.717, 1.165) is 16.3 Å². The molecule has 0 N–H and O–H groups in total. The van der Waals surface area contributed by atoms with Gasteiger partial charge in [-0.2, -0.15) is 0 Å². The molecule has 0 saturated heterocycles. The third-order valence-corrected chi connectivity index (χ3v) is 2.27. The van der Waals surface area contributed by atoms with E-state index in [9.17, 15) is 0 Å². The monoisotopic (exact) mass is 227 g/mol. The summed E-state index contributed by atoms with van der Waals surface area (Å²) in [7, 11) is 0. The van der Waals surface area contributed by atoms with E-state index in [4.69, 9.17) is 11.6 Å². The maximum atomic E-state index is 6.00. The van der Waals surface area contributed by atoms with Crippen LogP contribution in [0.1, 0.15) is 57.7 Å². The Morgan fingerprint density at radius 1 is 1.20 bits per heavy atom. The molecule has 2 heteroatoms. The van der Waals surface area contributed by atoms with Gasteiger partial charge < -0.3 is 0 Å². The Morgan fingerprint density at radius 2 is 1.73 bits per heavy atom. The van der Waals surface area contributed by atoms with Crippen molar-refractivity contribution in [3.05, 3.63) is 28.5 Å². The summed E-state index contributed by atoms with van der Waals surface area (Å²) < 4.78 is 0. The summed E-state index contributed by atoms with van der Waals surface area (Å²) in [4.78, 5) is 4.31. The predicted molar refractivity (Wildman–Crippen MR) is 68.7 cm³/mol. The summed E-state index contributed by atoms with van der Waals surface area (Å²) >= 11 is 6.00. The van der Waals surface area contributed by atoms with Crippen LogP contribution in [0.15, 0.2) is 12.3 Å². The highest BCUT2D eigenvalue weighted by Gasteiger charge is 2.26. The molecule has 0 atom stereocenters. The molecule has 0 aromatic carbocycles. The summed E-state index contributed by atoms with van der Waals surface area (Å²) in [6.45, 7) is 10.0. The number of hydrogen-bond acceptors (Lipinski definition) is 1. The molecule has 1 aliphatic rings. The van der Waals surface area contributed by atoms with E-state index in [0.29, 0.717) is 5.92 Å². The molecule has 1 nitrogen and oxygen atoms in total. The molecule has 1 saturated carbocycles. The standard InChI is InChI=1S/C9H10ClN.2C2H6/c1-6-4-8(10)9(11-5-6)7-2-3-7;2*1-2/h4-5,7H,2-3H2,1H3;2*1-2H3. The van der Waals surface area contributed by atoms with Crippen LogP contribution in [0.3, 0.4) is 0 Å². The van der Waals surface area contributed by atoms with Crippen molar-refractivity contribution in [3.8, 4) is 0 Å². The molecule has 1 aromatic heterocycles. The van der Waals surface area contributed by atoms with Gasteiger partial charge >= 0.3 is 0 Å². The molecule has 2 rings (SSSR count). The summed E-state index contributed by atoms with van der Waals surface area (Å²) in [5.41, 5.74) is 2.23. The minimum absolute atomic E-state index is 0.656. The Kier molecular flexibility index (Phi) is 7.41. The van der Waals surface area contributed by atoms with Crippen molar-refractivity contribution in [3.63, 3.8) is 0 Å². The number of rotatable bonds is 1. The van der Waals surface area contributed by atoms with Crippen molar-refractivity contribution in [1.29, 1.82) is 0 Å². The van der Waals surface area contributed by atoms with Gasteiger partial charge in [0.15, 0.2) is 0 Å². The van der Waals surface area contributed by atoms with Crippen molar-refractivity contribution in [2.24, 2.45) is 0 Å². The van der Waals surface area contributed by atoms with Gasteiger partial charge in [-0.1, -0.05) is 39.3 Å². The Hall–Kier alpha value is -0.560. The smallest absolute Gasteiger partial charge is 0.0627 e. The zero-order chi connectivity index (χ0) is 11.8. The SMILES string of the molecule is CC.CC.Cc1cnc(C2CC2)c(Cl)c1. The molecule has 0 bridgehead atoms. The molecule has 1 heterocycles. The number of aryl methyl sites for hydroxylation is 1. The maximum absolute atomic E-state index is 6.00. The van der Waals surface area contributed by atoms with E-state index in [1.54, 1.807) is 0 Å². The van der Waals surface area contributed by atoms with E-state index >= 15 is 0 Å². The molecule has 1 aromatic rings. The lowest BCUT2D eigenvalue weighted by molar-refractivity contribution is 1.01. The second kappa shape index (κ2) is 7.70. The van der Waals surface area contributed by atoms with Crippen LogP contribution >= 0.6 is 11.6 Å². The van der Waals surface area contributed by atoms with Crippen molar-refractivity contribution in [2.45, 2.75) is 53.4 Å². The molecule has 0 radical (unpaired) electrons. The highest BCUT2D eigenvalue weighted by Crippen LogP contribution is 2.41. The molecule has 86 valence electrons. The van der Waals surface area contributed by atoms with E-state index in [2.05, 4.69) is 4.98 Å². The van der Waals surface area contributed by atoms with Gasteiger partial charge in [-0.05, 0) is 31.4 Å². The fraction of sp³-hybridized carbons (Fsp3) is 0.615.